The predicted octanol–water partition coefficient (Wildman–Crippen LogP) is -0.841. The van der Waals surface area contributed by atoms with Gasteiger partial charge in [-0.25, -0.2) is 0 Å². The van der Waals surface area contributed by atoms with Crippen LogP contribution >= 0.6 is 0 Å². The van der Waals surface area contributed by atoms with Crippen LogP contribution in [0.4, 0.5) is 0 Å². The van der Waals surface area contributed by atoms with Crippen LogP contribution in [0.5, 0.6) is 0 Å². The van der Waals surface area contributed by atoms with Crippen LogP contribution in [0.3, 0.4) is 0 Å². The maximum absolute atomic E-state index is 5.51. The van der Waals surface area contributed by atoms with E-state index in [1.165, 1.54) is 0 Å². The number of ether oxygens (including phenoxy) is 2. The maximum Gasteiger partial charge on any atom is 1.00 e. The standard InChI is InChI=1S/C9H17O2.Li/c1-5-10-9(11-6-2)7-8(3)4;/h3,9H,5-7H2,1-2,4H3;/q-1;+1. The Morgan fingerprint density at radius 3 is 1.92 bits per heavy atom. The Balaban J connectivity index is 0. The Morgan fingerprint density at radius 2 is 1.67 bits per heavy atom. The van der Waals surface area contributed by atoms with Crippen LogP contribution in [0.1, 0.15) is 27.2 Å². The van der Waals surface area contributed by atoms with E-state index < -0.39 is 0 Å². The van der Waals surface area contributed by atoms with Gasteiger partial charge in [-0.15, -0.1) is 0 Å². The summed E-state index contributed by atoms with van der Waals surface area (Å²) >= 11 is 0. The first kappa shape index (κ1) is 14.8. The molecule has 0 atom stereocenters. The maximum atomic E-state index is 5.51. The summed E-state index contributed by atoms with van der Waals surface area (Å²) in [6.45, 7) is 12.6. The first-order valence-corrected chi connectivity index (χ1v) is 4.01. The summed E-state index contributed by atoms with van der Waals surface area (Å²) in [5.74, 6) is 0. The van der Waals surface area contributed by atoms with Crippen molar-refractivity contribution in [2.24, 2.45) is 0 Å². The Labute approximate surface area is 87.5 Å². The predicted molar refractivity (Wildman–Crippen MR) is 45.1 cm³/mol. The van der Waals surface area contributed by atoms with E-state index in [0.717, 1.165) is 5.57 Å². The molecular formula is C9H17LiO2. The SMILES string of the molecule is [CH-]=C(C)CC(OCC)OCC.[Li+]. The third-order valence-electron chi connectivity index (χ3n) is 1.19. The van der Waals surface area contributed by atoms with Crippen LogP contribution < -0.4 is 18.9 Å². The topological polar surface area (TPSA) is 18.5 Å². The summed E-state index contributed by atoms with van der Waals surface area (Å²) in [4.78, 5) is 0. The van der Waals surface area contributed by atoms with Gasteiger partial charge in [-0.05, 0) is 20.3 Å². The van der Waals surface area contributed by atoms with Crippen LogP contribution in [0.25, 0.3) is 0 Å². The van der Waals surface area contributed by atoms with E-state index in [-0.39, 0.29) is 25.2 Å². The van der Waals surface area contributed by atoms with E-state index in [1.807, 2.05) is 20.8 Å². The second kappa shape index (κ2) is 9.35. The molecule has 2 nitrogen and oxygen atoms in total. The normalized spacial score (nSPS) is 9.67. The van der Waals surface area contributed by atoms with Crippen molar-refractivity contribution in [1.29, 1.82) is 0 Å². The van der Waals surface area contributed by atoms with Crippen molar-refractivity contribution >= 4 is 0 Å². The zero-order valence-electron chi connectivity index (χ0n) is 8.59. The molecule has 0 rings (SSSR count). The van der Waals surface area contributed by atoms with Gasteiger partial charge in [0, 0.05) is 13.2 Å². The largest absolute Gasteiger partial charge is 1.00 e. The molecule has 3 heteroatoms. The fraction of sp³-hybridized carbons (Fsp3) is 0.778. The summed E-state index contributed by atoms with van der Waals surface area (Å²) in [7, 11) is 0. The molecule has 0 bridgehead atoms. The van der Waals surface area contributed by atoms with E-state index in [9.17, 15) is 0 Å². The smallest absolute Gasteiger partial charge is 0.515 e. The molecule has 0 saturated carbocycles. The Bertz CT molecular complexity index is 109. The molecule has 12 heavy (non-hydrogen) atoms. The van der Waals surface area contributed by atoms with Gasteiger partial charge in [0.05, 0.1) is 0 Å². The van der Waals surface area contributed by atoms with Crippen LogP contribution in [-0.2, 0) is 9.47 Å². The van der Waals surface area contributed by atoms with Crippen LogP contribution in [0.2, 0.25) is 0 Å². The van der Waals surface area contributed by atoms with Crippen molar-refractivity contribution < 1.29 is 28.3 Å². The minimum atomic E-state index is -0.157. The third kappa shape index (κ3) is 8.35. The van der Waals surface area contributed by atoms with Crippen molar-refractivity contribution in [3.8, 4) is 0 Å². The minimum absolute atomic E-state index is 0. The molecule has 0 aliphatic heterocycles. The summed E-state index contributed by atoms with van der Waals surface area (Å²) < 4.78 is 10.5. The van der Waals surface area contributed by atoms with Crippen molar-refractivity contribution in [2.75, 3.05) is 13.2 Å². The summed E-state index contributed by atoms with van der Waals surface area (Å²) in [5.41, 5.74) is 0.844. The van der Waals surface area contributed by atoms with Gasteiger partial charge in [-0.1, -0.05) is 6.92 Å². The zero-order valence-corrected chi connectivity index (χ0v) is 8.59. The van der Waals surface area contributed by atoms with E-state index >= 15 is 0 Å². The second-order valence-electron chi connectivity index (χ2n) is 2.39. The van der Waals surface area contributed by atoms with Gasteiger partial charge in [0.1, 0.15) is 0 Å². The van der Waals surface area contributed by atoms with E-state index in [4.69, 9.17) is 16.1 Å². The monoisotopic (exact) mass is 164 g/mol. The number of hydrogen-bond acceptors (Lipinski definition) is 2. The van der Waals surface area contributed by atoms with Gasteiger partial charge in [0.15, 0.2) is 6.29 Å². The second-order valence-corrected chi connectivity index (χ2v) is 2.39. The molecule has 0 aromatic heterocycles. The van der Waals surface area contributed by atoms with Crippen molar-refractivity contribution in [3.63, 3.8) is 0 Å². The molecule has 0 N–H and O–H groups in total. The molecule has 0 amide bonds. The van der Waals surface area contributed by atoms with E-state index in [0.29, 0.717) is 19.6 Å². The van der Waals surface area contributed by atoms with Gasteiger partial charge < -0.3 is 16.1 Å². The van der Waals surface area contributed by atoms with Gasteiger partial charge in [-0.2, -0.15) is 0 Å². The Hall–Kier alpha value is 0.257. The fourth-order valence-electron chi connectivity index (χ4n) is 0.801. The molecular weight excluding hydrogens is 147 g/mol. The number of hydrogen-bond donors (Lipinski definition) is 0. The average molecular weight is 164 g/mol. The fourth-order valence-corrected chi connectivity index (χ4v) is 0.801. The van der Waals surface area contributed by atoms with Gasteiger partial charge >= 0.3 is 18.9 Å². The van der Waals surface area contributed by atoms with Gasteiger partial charge in [0.2, 0.25) is 0 Å². The molecule has 0 radical (unpaired) electrons. The van der Waals surface area contributed by atoms with Crippen molar-refractivity contribution in [3.05, 3.63) is 12.2 Å². The van der Waals surface area contributed by atoms with Crippen molar-refractivity contribution in [1.82, 2.24) is 0 Å². The summed E-state index contributed by atoms with van der Waals surface area (Å²) in [6.07, 6.45) is 0.525. The molecule has 0 unspecified atom stereocenters. The third-order valence-corrected chi connectivity index (χ3v) is 1.19. The zero-order chi connectivity index (χ0) is 8.69. The molecule has 0 fully saturated rings. The molecule has 0 aliphatic rings. The van der Waals surface area contributed by atoms with Crippen LogP contribution in [0, 0.1) is 6.58 Å². The first-order valence-electron chi connectivity index (χ1n) is 4.01. The van der Waals surface area contributed by atoms with Crippen LogP contribution in [-0.4, -0.2) is 19.5 Å². The van der Waals surface area contributed by atoms with Crippen LogP contribution in [0.15, 0.2) is 5.57 Å². The summed E-state index contributed by atoms with van der Waals surface area (Å²) in [5, 5.41) is 0. The molecule has 0 aromatic carbocycles. The minimum Gasteiger partial charge on any atom is -0.515 e. The van der Waals surface area contributed by atoms with E-state index in [2.05, 4.69) is 0 Å². The molecule has 0 aromatic rings. The molecule has 0 heterocycles. The summed E-state index contributed by atoms with van der Waals surface area (Å²) in [6, 6.07) is 0. The molecule has 0 spiro atoms. The van der Waals surface area contributed by atoms with E-state index in [1.54, 1.807) is 0 Å². The number of rotatable bonds is 6. The molecule has 0 saturated heterocycles. The van der Waals surface area contributed by atoms with Gasteiger partial charge in [-0.3, -0.25) is 5.57 Å². The molecule has 0 aliphatic carbocycles. The van der Waals surface area contributed by atoms with Crippen molar-refractivity contribution in [2.45, 2.75) is 33.5 Å². The van der Waals surface area contributed by atoms with Gasteiger partial charge in [0.25, 0.3) is 0 Å². The average Bonchev–Trinajstić information content (AvgIpc) is 1.87. The molecule has 66 valence electrons. The Morgan fingerprint density at radius 1 is 1.25 bits per heavy atom. The Kier molecular flexibility index (Phi) is 11.5. The first-order chi connectivity index (χ1) is 5.20. The quantitative estimate of drug-likeness (QED) is 0.289.